The van der Waals surface area contributed by atoms with Crippen molar-refractivity contribution in [2.75, 3.05) is 26.2 Å². The Labute approximate surface area is 153 Å². The van der Waals surface area contributed by atoms with Crippen molar-refractivity contribution in [1.29, 1.82) is 0 Å². The molecule has 2 saturated heterocycles. The van der Waals surface area contributed by atoms with E-state index in [9.17, 15) is 14.7 Å². The SMILES string of the molecule is Cc1ncncc1C(=O)N1C[C@H]2CN(C3CCCCC3)C[C@@]2(C(=O)O)C1. The Bertz CT molecular complexity index is 718. The van der Waals surface area contributed by atoms with E-state index in [4.69, 9.17) is 0 Å². The molecule has 0 radical (unpaired) electrons. The maximum absolute atomic E-state index is 12.9. The smallest absolute Gasteiger partial charge is 0.313 e. The number of hydrogen-bond donors (Lipinski definition) is 1. The van der Waals surface area contributed by atoms with Gasteiger partial charge in [-0.25, -0.2) is 9.97 Å². The topological polar surface area (TPSA) is 86.6 Å². The zero-order valence-electron chi connectivity index (χ0n) is 15.2. The van der Waals surface area contributed by atoms with E-state index in [1.807, 2.05) is 0 Å². The number of hydrogen-bond acceptors (Lipinski definition) is 5. The molecule has 4 rings (SSSR count). The van der Waals surface area contributed by atoms with Gasteiger partial charge in [0.1, 0.15) is 11.7 Å². The van der Waals surface area contributed by atoms with E-state index < -0.39 is 11.4 Å². The summed E-state index contributed by atoms with van der Waals surface area (Å²) in [4.78, 5) is 37.2. The summed E-state index contributed by atoms with van der Waals surface area (Å²) >= 11 is 0. The molecule has 2 aliphatic heterocycles. The van der Waals surface area contributed by atoms with Gasteiger partial charge in [-0.3, -0.25) is 14.5 Å². The van der Waals surface area contributed by atoms with Gasteiger partial charge in [0.05, 0.1) is 11.3 Å². The fourth-order valence-corrected chi connectivity index (χ4v) is 5.06. The second-order valence-electron chi connectivity index (χ2n) is 8.09. The van der Waals surface area contributed by atoms with Crippen LogP contribution in [-0.4, -0.2) is 69.0 Å². The first-order valence-electron chi connectivity index (χ1n) is 9.54. The summed E-state index contributed by atoms with van der Waals surface area (Å²) in [5.74, 6) is -0.921. The van der Waals surface area contributed by atoms with Crippen molar-refractivity contribution in [2.24, 2.45) is 11.3 Å². The quantitative estimate of drug-likeness (QED) is 0.883. The van der Waals surface area contributed by atoms with E-state index in [0.29, 0.717) is 30.4 Å². The molecule has 26 heavy (non-hydrogen) atoms. The normalized spacial score (nSPS) is 29.7. The van der Waals surface area contributed by atoms with Crippen LogP contribution in [0.4, 0.5) is 0 Å². The zero-order chi connectivity index (χ0) is 18.3. The van der Waals surface area contributed by atoms with Gasteiger partial charge in [0.25, 0.3) is 5.91 Å². The third-order valence-electron chi connectivity index (χ3n) is 6.58. The molecule has 1 N–H and O–H groups in total. The number of carboxylic acids is 1. The summed E-state index contributed by atoms with van der Waals surface area (Å²) < 4.78 is 0. The number of nitrogens with zero attached hydrogens (tertiary/aromatic N) is 4. The van der Waals surface area contributed by atoms with Gasteiger partial charge in [-0.1, -0.05) is 19.3 Å². The van der Waals surface area contributed by atoms with Gasteiger partial charge in [0, 0.05) is 44.3 Å². The van der Waals surface area contributed by atoms with Crippen LogP contribution in [0.5, 0.6) is 0 Å². The number of carboxylic acid groups (broad SMARTS) is 1. The lowest BCUT2D eigenvalue weighted by Gasteiger charge is -2.33. The maximum atomic E-state index is 12.9. The van der Waals surface area contributed by atoms with Crippen LogP contribution in [0.1, 0.15) is 48.2 Å². The Morgan fingerprint density at radius 2 is 1.96 bits per heavy atom. The lowest BCUT2D eigenvalue weighted by molar-refractivity contribution is -0.148. The molecule has 1 saturated carbocycles. The van der Waals surface area contributed by atoms with Gasteiger partial charge in [-0.2, -0.15) is 0 Å². The highest BCUT2D eigenvalue weighted by Gasteiger charge is 2.59. The summed E-state index contributed by atoms with van der Waals surface area (Å²) in [6.45, 7) is 3.91. The van der Waals surface area contributed by atoms with Crippen LogP contribution in [0.15, 0.2) is 12.5 Å². The molecule has 3 heterocycles. The monoisotopic (exact) mass is 358 g/mol. The van der Waals surface area contributed by atoms with E-state index in [2.05, 4.69) is 14.9 Å². The van der Waals surface area contributed by atoms with Crippen molar-refractivity contribution < 1.29 is 14.7 Å². The van der Waals surface area contributed by atoms with Crippen molar-refractivity contribution in [3.05, 3.63) is 23.8 Å². The minimum Gasteiger partial charge on any atom is -0.481 e. The summed E-state index contributed by atoms with van der Waals surface area (Å²) in [7, 11) is 0. The van der Waals surface area contributed by atoms with Gasteiger partial charge >= 0.3 is 5.97 Å². The van der Waals surface area contributed by atoms with Gasteiger partial charge in [0.15, 0.2) is 0 Å². The average molecular weight is 358 g/mol. The van der Waals surface area contributed by atoms with E-state index in [0.717, 1.165) is 6.54 Å². The van der Waals surface area contributed by atoms with Gasteiger partial charge in [-0.15, -0.1) is 0 Å². The number of aryl methyl sites for hydroxylation is 1. The number of carbonyl (C=O) groups excluding carboxylic acids is 1. The molecule has 1 aromatic rings. The van der Waals surface area contributed by atoms with Crippen LogP contribution in [0.25, 0.3) is 0 Å². The average Bonchev–Trinajstić information content (AvgIpc) is 3.18. The largest absolute Gasteiger partial charge is 0.481 e. The first-order chi connectivity index (χ1) is 12.5. The molecule has 0 bridgehead atoms. The molecule has 0 aromatic carbocycles. The predicted molar refractivity (Wildman–Crippen MR) is 94.7 cm³/mol. The molecular formula is C19H26N4O3. The van der Waals surface area contributed by atoms with Gasteiger partial charge < -0.3 is 10.0 Å². The highest BCUT2D eigenvalue weighted by Crippen LogP contribution is 2.45. The molecule has 1 aromatic heterocycles. The maximum Gasteiger partial charge on any atom is 0.313 e. The zero-order valence-corrected chi connectivity index (χ0v) is 15.2. The molecule has 2 atom stereocenters. The Morgan fingerprint density at radius 1 is 1.19 bits per heavy atom. The number of rotatable bonds is 3. The lowest BCUT2D eigenvalue weighted by Crippen LogP contribution is -2.44. The molecule has 140 valence electrons. The van der Waals surface area contributed by atoms with Crippen molar-refractivity contribution in [1.82, 2.24) is 19.8 Å². The highest BCUT2D eigenvalue weighted by atomic mass is 16.4. The van der Waals surface area contributed by atoms with Crippen LogP contribution < -0.4 is 0 Å². The number of amides is 1. The second-order valence-corrected chi connectivity index (χ2v) is 8.09. The standard InChI is InChI=1S/C19H26N4O3/c1-13-16(7-20-12-21-13)17(24)23-9-14-8-22(15-5-3-2-4-6-15)10-19(14,11-23)18(25)26/h7,12,14-15H,2-6,8-11H2,1H3,(H,25,26)/t14-,19-/m1/s1. The van der Waals surface area contributed by atoms with Crippen molar-refractivity contribution >= 4 is 11.9 Å². The molecular weight excluding hydrogens is 332 g/mol. The number of likely N-dealkylation sites (tertiary alicyclic amines) is 2. The molecule has 3 aliphatic rings. The summed E-state index contributed by atoms with van der Waals surface area (Å²) in [6.07, 6.45) is 9.07. The van der Waals surface area contributed by atoms with Gasteiger partial charge in [0.2, 0.25) is 0 Å². The van der Waals surface area contributed by atoms with Crippen LogP contribution >= 0.6 is 0 Å². The number of aromatic nitrogens is 2. The van der Waals surface area contributed by atoms with Crippen LogP contribution in [-0.2, 0) is 4.79 Å². The minimum atomic E-state index is -0.837. The summed E-state index contributed by atoms with van der Waals surface area (Å²) in [5, 5.41) is 10.0. The predicted octanol–water partition coefficient (Wildman–Crippen LogP) is 1.58. The number of carbonyl (C=O) groups is 2. The minimum absolute atomic E-state index is 0.00388. The number of aliphatic carboxylic acids is 1. The molecule has 1 amide bonds. The Kier molecular flexibility index (Phi) is 4.42. The number of fused-ring (bicyclic) bond motifs is 1. The Balaban J connectivity index is 1.53. The third-order valence-corrected chi connectivity index (χ3v) is 6.58. The molecule has 7 heteroatoms. The molecule has 0 spiro atoms. The Hall–Kier alpha value is -2.02. The van der Waals surface area contributed by atoms with Crippen LogP contribution in [0, 0.1) is 18.3 Å². The van der Waals surface area contributed by atoms with Gasteiger partial charge in [-0.05, 0) is 19.8 Å². The van der Waals surface area contributed by atoms with E-state index in [1.54, 1.807) is 11.8 Å². The third kappa shape index (κ3) is 2.78. The fourth-order valence-electron chi connectivity index (χ4n) is 5.06. The molecule has 0 unspecified atom stereocenters. The second kappa shape index (κ2) is 6.61. The molecule has 1 aliphatic carbocycles. The lowest BCUT2D eigenvalue weighted by atomic mass is 9.81. The van der Waals surface area contributed by atoms with Crippen LogP contribution in [0.2, 0.25) is 0 Å². The summed E-state index contributed by atoms with van der Waals surface area (Å²) in [5.41, 5.74) is 0.267. The summed E-state index contributed by atoms with van der Waals surface area (Å²) in [6, 6.07) is 0.513. The molecule has 7 nitrogen and oxygen atoms in total. The van der Waals surface area contributed by atoms with Crippen molar-refractivity contribution in [3.8, 4) is 0 Å². The van der Waals surface area contributed by atoms with Crippen LogP contribution in [0.3, 0.4) is 0 Å². The first-order valence-corrected chi connectivity index (χ1v) is 9.54. The Morgan fingerprint density at radius 3 is 2.62 bits per heavy atom. The van der Waals surface area contributed by atoms with Crippen molar-refractivity contribution in [3.63, 3.8) is 0 Å². The van der Waals surface area contributed by atoms with E-state index in [1.165, 1.54) is 44.6 Å². The highest BCUT2D eigenvalue weighted by molar-refractivity contribution is 5.95. The van der Waals surface area contributed by atoms with E-state index in [-0.39, 0.29) is 18.4 Å². The first kappa shape index (κ1) is 17.4. The molecule has 3 fully saturated rings. The van der Waals surface area contributed by atoms with E-state index >= 15 is 0 Å². The fraction of sp³-hybridized carbons (Fsp3) is 0.684. The van der Waals surface area contributed by atoms with Crippen molar-refractivity contribution in [2.45, 2.75) is 45.1 Å².